The second-order valence-corrected chi connectivity index (χ2v) is 11.7. The molecule has 198 valence electrons. The number of carbonyl (C=O) groups is 4. The lowest BCUT2D eigenvalue weighted by molar-refractivity contribution is -0.940. The number of quaternary nitrogens is 1. The molecule has 14 nitrogen and oxygen atoms in total. The molecule has 16 heteroatoms. The fourth-order valence-corrected chi connectivity index (χ4v) is 7.47. The number of hydrogen-bond acceptors (Lipinski definition) is 11. The highest BCUT2D eigenvalue weighted by atomic mass is 32.2. The first-order valence-corrected chi connectivity index (χ1v) is 13.5. The molecule has 1 aromatic heterocycles. The normalized spacial score (nSPS) is 31.0. The Morgan fingerprint density at radius 3 is 2.65 bits per heavy atom. The minimum atomic E-state index is -1.18. The predicted octanol–water partition coefficient (Wildman–Crippen LogP) is -1.30. The maximum Gasteiger partial charge on any atom is 0.352 e. The smallest absolute Gasteiger partial charge is 0.352 e. The molecule has 2 atom stereocenters. The summed E-state index contributed by atoms with van der Waals surface area (Å²) in [6.45, 7) is 2.74. The molecule has 37 heavy (non-hydrogen) atoms. The molecule has 0 aromatic carbocycles. The van der Waals surface area contributed by atoms with Gasteiger partial charge in [0.25, 0.3) is 11.8 Å². The number of primary amides is 1. The molecule has 4 saturated heterocycles. The second kappa shape index (κ2) is 9.25. The van der Waals surface area contributed by atoms with Crippen molar-refractivity contribution in [2.75, 3.05) is 44.8 Å². The Kier molecular flexibility index (Phi) is 6.35. The number of β-lactam (4-membered cyclic amide) rings is 1. The summed E-state index contributed by atoms with van der Waals surface area (Å²) in [7, 11) is 1.26. The zero-order chi connectivity index (χ0) is 26.5. The monoisotopic (exact) mass is 553 g/mol. The van der Waals surface area contributed by atoms with E-state index in [2.05, 4.69) is 19.8 Å². The first-order valence-electron chi connectivity index (χ1n) is 11.7. The van der Waals surface area contributed by atoms with Gasteiger partial charge in [0.15, 0.2) is 5.13 Å². The Morgan fingerprint density at radius 2 is 2.11 bits per heavy atom. The average molecular weight is 554 g/mol. The number of nitrogen functional groups attached to an aromatic ring is 1. The lowest BCUT2D eigenvalue weighted by Gasteiger charge is -2.55. The molecular formula is C21H27N8O6S2+. The summed E-state index contributed by atoms with van der Waals surface area (Å²) in [6, 6.07) is -0.945. The van der Waals surface area contributed by atoms with Crippen LogP contribution in [0.25, 0.3) is 0 Å². The van der Waals surface area contributed by atoms with Gasteiger partial charge >= 0.3 is 5.97 Å². The molecule has 2 bridgehead atoms. The summed E-state index contributed by atoms with van der Waals surface area (Å²) in [6.07, 6.45) is 2.07. The van der Waals surface area contributed by atoms with Crippen molar-refractivity contribution in [3.05, 3.63) is 17.1 Å². The highest BCUT2D eigenvalue weighted by molar-refractivity contribution is 8.00. The van der Waals surface area contributed by atoms with Crippen LogP contribution in [0.4, 0.5) is 5.13 Å². The number of amides is 3. The number of nitrogens with one attached hydrogen (secondary N) is 1. The van der Waals surface area contributed by atoms with Crippen LogP contribution in [0.15, 0.2) is 16.4 Å². The van der Waals surface area contributed by atoms with Gasteiger partial charge in [0, 0.05) is 42.1 Å². The number of aromatic nitrogens is 2. The molecule has 0 aliphatic carbocycles. The van der Waals surface area contributed by atoms with Gasteiger partial charge in [-0.05, 0) is 0 Å². The molecule has 4 fully saturated rings. The maximum atomic E-state index is 13.1. The van der Waals surface area contributed by atoms with Crippen LogP contribution >= 0.6 is 23.3 Å². The van der Waals surface area contributed by atoms with Crippen LogP contribution in [-0.4, -0.2) is 104 Å². The summed E-state index contributed by atoms with van der Waals surface area (Å²) in [5.74, 6) is -2.31. The molecule has 6 N–H and O–H groups in total. The maximum absolute atomic E-state index is 13.1. The number of carboxylic acids is 1. The van der Waals surface area contributed by atoms with Crippen molar-refractivity contribution < 1.29 is 33.6 Å². The van der Waals surface area contributed by atoms with E-state index in [1.54, 1.807) is 0 Å². The molecule has 3 amide bonds. The predicted molar refractivity (Wildman–Crippen MR) is 133 cm³/mol. The van der Waals surface area contributed by atoms with Crippen molar-refractivity contribution in [3.8, 4) is 0 Å². The van der Waals surface area contributed by atoms with Crippen molar-refractivity contribution in [2.45, 2.75) is 30.7 Å². The van der Waals surface area contributed by atoms with E-state index < -0.39 is 34.6 Å². The number of oxime groups is 1. The van der Waals surface area contributed by atoms with E-state index in [-0.39, 0.29) is 28.3 Å². The summed E-state index contributed by atoms with van der Waals surface area (Å²) in [5, 5.41) is 15.9. The summed E-state index contributed by atoms with van der Waals surface area (Å²) in [4.78, 5) is 60.2. The molecule has 0 spiro atoms. The highest BCUT2D eigenvalue weighted by Gasteiger charge is 2.57. The Morgan fingerprint density at radius 1 is 1.38 bits per heavy atom. The van der Waals surface area contributed by atoms with E-state index in [1.807, 2.05) is 0 Å². The largest absolute Gasteiger partial charge is 0.477 e. The third-order valence-electron chi connectivity index (χ3n) is 7.83. The van der Waals surface area contributed by atoms with Crippen LogP contribution in [0.3, 0.4) is 0 Å². The number of fused-ring (bicyclic) bond motifs is 4. The number of hydrogen-bond donors (Lipinski definition) is 4. The fraction of sp³-hybridized carbons (Fsp3) is 0.571. The van der Waals surface area contributed by atoms with Gasteiger partial charge in [0.1, 0.15) is 30.8 Å². The van der Waals surface area contributed by atoms with Crippen LogP contribution in [0.5, 0.6) is 0 Å². The van der Waals surface area contributed by atoms with Crippen molar-refractivity contribution in [1.29, 1.82) is 0 Å². The molecule has 1 aromatic rings. The van der Waals surface area contributed by atoms with Gasteiger partial charge in [-0.15, -0.1) is 11.8 Å². The van der Waals surface area contributed by atoms with Crippen LogP contribution in [-0.2, 0) is 24.0 Å². The van der Waals surface area contributed by atoms with Gasteiger partial charge in [-0.3, -0.25) is 19.3 Å². The zero-order valence-electron chi connectivity index (χ0n) is 20.0. The third-order valence-corrected chi connectivity index (χ3v) is 9.71. The van der Waals surface area contributed by atoms with Crippen LogP contribution < -0.4 is 16.8 Å². The molecule has 5 aliphatic heterocycles. The van der Waals surface area contributed by atoms with Gasteiger partial charge in [0.2, 0.25) is 17.4 Å². The Balaban J connectivity index is 1.32. The van der Waals surface area contributed by atoms with Gasteiger partial charge in [0.05, 0.1) is 25.0 Å². The third kappa shape index (κ3) is 4.21. The van der Waals surface area contributed by atoms with E-state index in [0.29, 0.717) is 41.6 Å². The zero-order valence-corrected chi connectivity index (χ0v) is 21.6. The summed E-state index contributed by atoms with van der Waals surface area (Å²) in [5.41, 5.74) is 11.2. The highest BCUT2D eigenvalue weighted by Crippen LogP contribution is 2.46. The van der Waals surface area contributed by atoms with E-state index >= 15 is 0 Å². The number of carboxylic acid groups (broad SMARTS) is 1. The standard InChI is InChI=1S/C21H26N8O6S2/c1-35-26-11(14-25-20(23)37-27-14)15(30)24-12-16(31)28-13(18(32)33)10(9-36-17(12)28)8-29-5-2-21(3-6-29,4-7-29)19(22)34/h12,17H,2-9H2,1H3,(H5-,22,23,24,25,27,30,32,33,34)/p+1/b26-11-/t12-,17-,21?,29?/m1/s1/i2+2. The van der Waals surface area contributed by atoms with Crippen LogP contribution in [0, 0.1) is 5.41 Å². The fourth-order valence-electron chi connectivity index (χ4n) is 5.70. The molecule has 6 heterocycles. The van der Waals surface area contributed by atoms with Crippen molar-refractivity contribution in [3.63, 3.8) is 0 Å². The van der Waals surface area contributed by atoms with E-state index in [9.17, 15) is 24.3 Å². The minimum absolute atomic E-state index is 0.0243. The van der Waals surface area contributed by atoms with Gasteiger partial charge in [-0.1, -0.05) is 5.16 Å². The van der Waals surface area contributed by atoms with Gasteiger partial charge in [-0.25, -0.2) is 4.79 Å². The molecule has 5 aliphatic rings. The molecule has 0 radical (unpaired) electrons. The van der Waals surface area contributed by atoms with E-state index in [1.165, 1.54) is 23.8 Å². The lowest BCUT2D eigenvalue weighted by atomic mass is 9.82. The number of nitrogens with zero attached hydrogens (tertiary/aromatic N) is 5. The van der Waals surface area contributed by atoms with Crippen LogP contribution in [0.1, 0.15) is 25.1 Å². The Hall–Kier alpha value is -3.24. The van der Waals surface area contributed by atoms with Gasteiger partial charge < -0.3 is 31.2 Å². The quantitative estimate of drug-likeness (QED) is 0.130. The summed E-state index contributed by atoms with van der Waals surface area (Å²) < 4.78 is 4.65. The molecule has 0 saturated carbocycles. The number of rotatable bonds is 8. The number of anilines is 1. The second-order valence-electron chi connectivity index (χ2n) is 9.76. The van der Waals surface area contributed by atoms with E-state index in [4.69, 9.17) is 16.3 Å². The number of thioether (sulfide) groups is 1. The van der Waals surface area contributed by atoms with Crippen molar-refractivity contribution in [1.82, 2.24) is 19.6 Å². The topological polar surface area (TPSA) is 203 Å². The molecular weight excluding hydrogens is 526 g/mol. The molecule has 6 rings (SSSR count). The first kappa shape index (κ1) is 25.4. The number of piperidine rings is 3. The number of carbonyl (C=O) groups excluding carboxylic acids is 3. The SMILES string of the molecule is CO/N=C(\C(=O)N[C@@H]1C(=O)N2C(C(=O)O)=C(C[N+]34CCC(C(N)=O)(CC3)[14CH2]C4)CS[C@H]12)c1nsc(N)n1. The lowest BCUT2D eigenvalue weighted by Crippen LogP contribution is -2.71. The van der Waals surface area contributed by atoms with Crippen molar-refractivity contribution >= 4 is 57.8 Å². The number of nitrogens with two attached hydrogens (primary N) is 2. The Bertz CT molecular complexity index is 1220. The minimum Gasteiger partial charge on any atom is -0.477 e. The summed E-state index contributed by atoms with van der Waals surface area (Å²) >= 11 is 2.28. The van der Waals surface area contributed by atoms with Gasteiger partial charge in [-0.2, -0.15) is 9.36 Å². The van der Waals surface area contributed by atoms with Crippen LogP contribution in [0.2, 0.25) is 0 Å². The van der Waals surface area contributed by atoms with E-state index in [0.717, 1.165) is 31.2 Å². The average Bonchev–Trinajstić information content (AvgIpc) is 3.31. The first-order chi connectivity index (χ1) is 17.6. The Labute approximate surface area is 219 Å². The number of aliphatic carboxylic acids is 1. The van der Waals surface area contributed by atoms with Crippen molar-refractivity contribution in [2.24, 2.45) is 16.3 Å². The molecule has 0 unspecified atom stereocenters.